The second kappa shape index (κ2) is 39.3. The molecule has 0 atom stereocenters. The van der Waals surface area contributed by atoms with E-state index in [-0.39, 0.29) is 23.1 Å². The molecule has 0 saturated carbocycles. The molecule has 0 aliphatic carbocycles. The third-order valence-corrected chi connectivity index (χ3v) is 0. The molecule has 5 heavy (non-hydrogen) atoms. The molecule has 0 heterocycles. The summed E-state index contributed by atoms with van der Waals surface area (Å²) in [6.07, 6.45) is 0. The quantitative estimate of drug-likeness (QED) is 0.367. The molecule has 0 aromatic heterocycles. The van der Waals surface area contributed by atoms with E-state index in [0.717, 1.165) is 43.1 Å². The van der Waals surface area contributed by atoms with Crippen LogP contribution in [0.5, 0.6) is 0 Å². The van der Waals surface area contributed by atoms with Crippen molar-refractivity contribution in [2.75, 3.05) is 0 Å². The molecule has 0 spiro atoms. The minimum absolute atomic E-state index is 0. The van der Waals surface area contributed by atoms with Crippen molar-refractivity contribution in [2.24, 2.45) is 0 Å². The summed E-state index contributed by atoms with van der Waals surface area (Å²) >= 11 is 1.72. The van der Waals surface area contributed by atoms with Crippen molar-refractivity contribution in [3.63, 3.8) is 0 Å². The van der Waals surface area contributed by atoms with Gasteiger partial charge in [0.15, 0.2) is 0 Å². The van der Waals surface area contributed by atoms with Crippen molar-refractivity contribution in [2.45, 2.75) is 0 Å². The molecule has 0 N–H and O–H groups in total. The second-order valence-electron chi connectivity index (χ2n) is 0. The first-order chi connectivity index (χ1) is 2.00. The van der Waals surface area contributed by atoms with Crippen molar-refractivity contribution >= 4 is 66.1 Å². The SMILES string of the molecule is [Mg+2].[N-]=[Mg].[N-]=[Mg]. The van der Waals surface area contributed by atoms with E-state index in [2.05, 4.69) is 0 Å². The first-order valence-electron chi connectivity index (χ1n) is 0.632. The minimum atomic E-state index is 0. The van der Waals surface area contributed by atoms with E-state index >= 15 is 0 Å². The summed E-state index contributed by atoms with van der Waals surface area (Å²) in [5, 5.41) is 0. The van der Waals surface area contributed by atoms with E-state index in [1.165, 1.54) is 0 Å². The van der Waals surface area contributed by atoms with Crippen molar-refractivity contribution in [1.29, 1.82) is 0 Å². The molecule has 0 radical (unpaired) electrons. The van der Waals surface area contributed by atoms with Crippen LogP contribution in [-0.4, -0.2) is 66.1 Å². The summed E-state index contributed by atoms with van der Waals surface area (Å²) in [7, 11) is 0. The fraction of sp³-hybridized carbons (Fsp3) is 0. The number of hydrogen-bond acceptors (Lipinski definition) is 0. The molecule has 0 aromatic carbocycles. The maximum atomic E-state index is 7.03. The molecule has 0 fully saturated rings. The van der Waals surface area contributed by atoms with Gasteiger partial charge in [-0.25, -0.2) is 0 Å². The van der Waals surface area contributed by atoms with E-state index in [9.17, 15) is 0 Å². The van der Waals surface area contributed by atoms with Crippen LogP contribution in [0.15, 0.2) is 0 Å². The van der Waals surface area contributed by atoms with Gasteiger partial charge in [-0.15, -0.1) is 0 Å². The van der Waals surface area contributed by atoms with Crippen LogP contribution < -0.4 is 0 Å². The fourth-order valence-corrected chi connectivity index (χ4v) is 0. The average molecular weight is 101 g/mol. The Hall–Kier alpha value is 1.90. The zero-order chi connectivity index (χ0) is 4.00. The Morgan fingerprint density at radius 2 is 0.800 bits per heavy atom. The standard InChI is InChI=1S/3Mg.2N/q;;+2;2*-1. The topological polar surface area (TPSA) is 44.6 Å². The third kappa shape index (κ3) is 24.9. The molecule has 0 rings (SSSR count). The van der Waals surface area contributed by atoms with Crippen LogP contribution in [0.25, 0.3) is 7.35 Å². The molecule has 0 bridgehead atoms. The van der Waals surface area contributed by atoms with Crippen LogP contribution in [0.1, 0.15) is 0 Å². The van der Waals surface area contributed by atoms with Crippen LogP contribution >= 0.6 is 0 Å². The summed E-state index contributed by atoms with van der Waals surface area (Å²) < 4.78 is 14.1. The Kier molecular flexibility index (Phi) is 124. The number of nitrogens with zero attached hydrogens (tertiary/aromatic N) is 2. The van der Waals surface area contributed by atoms with Gasteiger partial charge in [0, 0.05) is 0 Å². The first-order valence-corrected chi connectivity index (χ1v) is 1.90. The zero-order valence-corrected chi connectivity index (χ0v) is 7.26. The van der Waals surface area contributed by atoms with E-state index in [1.807, 2.05) is 0 Å². The monoisotopic (exact) mass is 100.0 g/mol. The molecule has 0 aliphatic rings. The Morgan fingerprint density at radius 1 is 0.800 bits per heavy atom. The molecule has 0 unspecified atom stereocenters. The Labute approximate surface area is 72.5 Å². The van der Waals surface area contributed by atoms with E-state index < -0.39 is 0 Å². The van der Waals surface area contributed by atoms with Crippen LogP contribution in [0.4, 0.5) is 0 Å². The van der Waals surface area contributed by atoms with Gasteiger partial charge >= 0.3 is 73.5 Å². The van der Waals surface area contributed by atoms with Crippen molar-refractivity contribution in [3.05, 3.63) is 7.35 Å². The van der Waals surface area contributed by atoms with E-state index in [0.29, 0.717) is 0 Å². The molecule has 0 saturated heterocycles. The Bertz CT molecular complexity index is 6.85. The molecular weight excluding hydrogens is 101 g/mol. The third-order valence-electron chi connectivity index (χ3n) is 0. The fourth-order valence-electron chi connectivity index (χ4n) is 0. The van der Waals surface area contributed by atoms with Crippen molar-refractivity contribution in [3.8, 4) is 0 Å². The molecular formula is Mg3N2. The van der Waals surface area contributed by atoms with Crippen molar-refractivity contribution < 1.29 is 0 Å². The maximum absolute atomic E-state index is 7.03. The molecule has 2 nitrogen and oxygen atoms in total. The van der Waals surface area contributed by atoms with Gasteiger partial charge in [-0.3, -0.25) is 0 Å². The predicted molar refractivity (Wildman–Crippen MR) is 24.0 cm³/mol. The van der Waals surface area contributed by atoms with Gasteiger partial charge in [0.1, 0.15) is 0 Å². The molecule has 0 aromatic rings. The number of hydrogen-bond donors (Lipinski definition) is 0. The van der Waals surface area contributed by atoms with E-state index in [4.69, 9.17) is 7.35 Å². The summed E-state index contributed by atoms with van der Waals surface area (Å²) in [6, 6.07) is 0. The summed E-state index contributed by atoms with van der Waals surface area (Å²) in [6.45, 7) is 0. The molecule has 16 valence electrons. The van der Waals surface area contributed by atoms with E-state index in [1.54, 1.807) is 0 Å². The van der Waals surface area contributed by atoms with Gasteiger partial charge in [0.25, 0.3) is 0 Å². The molecule has 5 heteroatoms. The van der Waals surface area contributed by atoms with Crippen LogP contribution in [0.2, 0.25) is 0 Å². The van der Waals surface area contributed by atoms with Gasteiger partial charge in [0.2, 0.25) is 0 Å². The van der Waals surface area contributed by atoms with Crippen LogP contribution in [-0.2, 0) is 0 Å². The molecule has 0 amide bonds. The first kappa shape index (κ1) is 15.8. The zero-order valence-electron chi connectivity index (χ0n) is 3.02. The van der Waals surface area contributed by atoms with Gasteiger partial charge < -0.3 is 0 Å². The number of rotatable bonds is 0. The molecule has 0 aliphatic heterocycles. The second-order valence-corrected chi connectivity index (χ2v) is 0. The Morgan fingerprint density at radius 3 is 0.800 bits per heavy atom. The van der Waals surface area contributed by atoms with Crippen LogP contribution in [0, 0.1) is 0 Å². The van der Waals surface area contributed by atoms with Gasteiger partial charge in [-0.2, -0.15) is 0 Å². The van der Waals surface area contributed by atoms with Gasteiger partial charge in [-0.1, -0.05) is 0 Å². The van der Waals surface area contributed by atoms with Crippen LogP contribution in [0.3, 0.4) is 0 Å². The van der Waals surface area contributed by atoms with Gasteiger partial charge in [-0.05, 0) is 0 Å². The predicted octanol–water partition coefficient (Wildman–Crippen LogP) is -0.565. The summed E-state index contributed by atoms with van der Waals surface area (Å²) in [5.41, 5.74) is 0. The average Bonchev–Trinajstić information content (AvgIpc) is 1.50. The summed E-state index contributed by atoms with van der Waals surface area (Å²) in [5.74, 6) is 0. The Balaban J connectivity index is -0.0000000133. The van der Waals surface area contributed by atoms with Crippen molar-refractivity contribution in [1.82, 2.24) is 0 Å². The van der Waals surface area contributed by atoms with Gasteiger partial charge in [0.05, 0.1) is 0 Å². The summed E-state index contributed by atoms with van der Waals surface area (Å²) in [4.78, 5) is 0. The normalized spacial score (nSPS) is 2.40.